The van der Waals surface area contributed by atoms with Gasteiger partial charge in [0.2, 0.25) is 5.91 Å². The van der Waals surface area contributed by atoms with Crippen molar-refractivity contribution in [2.45, 2.75) is 70.1 Å². The molecule has 7 nitrogen and oxygen atoms in total. The molecule has 2 aliphatic rings. The van der Waals surface area contributed by atoms with Gasteiger partial charge in [-0.05, 0) is 40.0 Å². The predicted octanol–water partition coefficient (Wildman–Crippen LogP) is 2.16. The number of aliphatic imine (C=N–C) groups is 1. The minimum Gasteiger partial charge on any atom is -0.355 e. The first-order chi connectivity index (χ1) is 12.6. The van der Waals surface area contributed by atoms with Gasteiger partial charge < -0.3 is 15.5 Å². The second-order valence-corrected chi connectivity index (χ2v) is 11.5. The molecule has 1 saturated heterocycles. The van der Waals surface area contributed by atoms with E-state index in [-0.39, 0.29) is 41.7 Å². The lowest BCUT2D eigenvalue weighted by molar-refractivity contribution is -0.135. The molecule has 0 spiro atoms. The van der Waals surface area contributed by atoms with Gasteiger partial charge >= 0.3 is 0 Å². The van der Waals surface area contributed by atoms with Crippen LogP contribution < -0.4 is 10.6 Å². The maximum absolute atomic E-state index is 12.7. The molecule has 1 atom stereocenters. The SMILES string of the molecule is CN=C(NCCS(=O)(=O)C(C)(C)C)NC1CCN(C(=O)C2CCCCC2)C1.I. The summed E-state index contributed by atoms with van der Waals surface area (Å²) < 4.78 is 23.6. The summed E-state index contributed by atoms with van der Waals surface area (Å²) in [5, 5.41) is 6.42. The Hall–Kier alpha value is -0.580. The van der Waals surface area contributed by atoms with Crippen LogP contribution in [0.5, 0.6) is 0 Å². The Morgan fingerprint density at radius 3 is 2.36 bits per heavy atom. The molecule has 1 saturated carbocycles. The smallest absolute Gasteiger partial charge is 0.225 e. The summed E-state index contributed by atoms with van der Waals surface area (Å²) in [7, 11) is -1.49. The van der Waals surface area contributed by atoms with E-state index in [4.69, 9.17) is 0 Å². The molecular formula is C19H37IN4O3S. The number of amides is 1. The summed E-state index contributed by atoms with van der Waals surface area (Å²) in [5.74, 6) is 1.17. The van der Waals surface area contributed by atoms with Crippen molar-refractivity contribution in [3.63, 3.8) is 0 Å². The number of halogens is 1. The first-order valence-electron chi connectivity index (χ1n) is 10.1. The third-order valence-corrected chi connectivity index (χ3v) is 8.22. The fourth-order valence-corrected chi connectivity index (χ4v) is 4.67. The highest BCUT2D eigenvalue weighted by Crippen LogP contribution is 2.26. The zero-order valence-corrected chi connectivity index (χ0v) is 20.8. The van der Waals surface area contributed by atoms with Crippen LogP contribution in [0.3, 0.4) is 0 Å². The number of hydrogen-bond acceptors (Lipinski definition) is 4. The van der Waals surface area contributed by atoms with Crippen molar-refractivity contribution in [3.05, 3.63) is 0 Å². The maximum Gasteiger partial charge on any atom is 0.225 e. The molecule has 2 rings (SSSR count). The van der Waals surface area contributed by atoms with Gasteiger partial charge in [-0.25, -0.2) is 8.42 Å². The normalized spacial score (nSPS) is 21.9. The fourth-order valence-electron chi connectivity index (χ4n) is 3.68. The lowest BCUT2D eigenvalue weighted by Crippen LogP contribution is -2.47. The maximum atomic E-state index is 12.7. The van der Waals surface area contributed by atoms with Crippen molar-refractivity contribution < 1.29 is 13.2 Å². The van der Waals surface area contributed by atoms with Crippen LogP contribution in [0.1, 0.15) is 59.3 Å². The van der Waals surface area contributed by atoms with E-state index < -0.39 is 14.6 Å². The molecule has 0 radical (unpaired) electrons. The van der Waals surface area contributed by atoms with Gasteiger partial charge in [0.05, 0.1) is 10.5 Å². The molecule has 9 heteroatoms. The number of carbonyl (C=O) groups is 1. The Labute approximate surface area is 187 Å². The molecule has 0 aromatic rings. The monoisotopic (exact) mass is 528 g/mol. The van der Waals surface area contributed by atoms with Gasteiger partial charge in [0, 0.05) is 38.6 Å². The number of rotatable bonds is 5. The molecule has 1 aliphatic heterocycles. The van der Waals surface area contributed by atoms with Crippen molar-refractivity contribution in [2.75, 3.05) is 32.4 Å². The third kappa shape index (κ3) is 7.03. The van der Waals surface area contributed by atoms with Crippen LogP contribution in [0.2, 0.25) is 0 Å². The zero-order chi connectivity index (χ0) is 20.1. The number of nitrogens with zero attached hydrogens (tertiary/aromatic N) is 2. The molecular weight excluding hydrogens is 491 g/mol. The van der Waals surface area contributed by atoms with Gasteiger partial charge in [-0.3, -0.25) is 9.79 Å². The quantitative estimate of drug-likeness (QED) is 0.324. The van der Waals surface area contributed by atoms with Crippen LogP contribution in [0.4, 0.5) is 0 Å². The predicted molar refractivity (Wildman–Crippen MR) is 125 cm³/mol. The average Bonchev–Trinajstić information content (AvgIpc) is 3.08. The minimum atomic E-state index is -3.16. The van der Waals surface area contributed by atoms with Crippen LogP contribution >= 0.6 is 24.0 Å². The highest BCUT2D eigenvalue weighted by Gasteiger charge is 2.32. The largest absolute Gasteiger partial charge is 0.355 e. The topological polar surface area (TPSA) is 90.9 Å². The standard InChI is InChI=1S/C19H36N4O3S.HI/c1-19(2,3)27(25,26)13-11-21-18(20-4)22-16-10-12-23(14-16)17(24)15-8-6-5-7-9-15;/h15-16H,5-14H2,1-4H3,(H2,20,21,22);1H. The van der Waals surface area contributed by atoms with E-state index in [1.807, 2.05) is 4.90 Å². The number of guanidine groups is 1. The van der Waals surface area contributed by atoms with Gasteiger partial charge in [0.1, 0.15) is 0 Å². The van der Waals surface area contributed by atoms with Crippen LogP contribution in [0.15, 0.2) is 4.99 Å². The first kappa shape index (κ1) is 25.5. The van der Waals surface area contributed by atoms with Gasteiger partial charge in [-0.1, -0.05) is 19.3 Å². The summed E-state index contributed by atoms with van der Waals surface area (Å²) in [4.78, 5) is 18.8. The van der Waals surface area contributed by atoms with Crippen molar-refractivity contribution >= 4 is 45.7 Å². The molecule has 1 unspecified atom stereocenters. The Morgan fingerprint density at radius 1 is 1.14 bits per heavy atom. The molecule has 0 aromatic heterocycles. The van der Waals surface area contributed by atoms with Gasteiger partial charge in [0.25, 0.3) is 0 Å². The van der Waals surface area contributed by atoms with Crippen molar-refractivity contribution in [3.8, 4) is 0 Å². The van der Waals surface area contributed by atoms with Crippen molar-refractivity contribution in [2.24, 2.45) is 10.9 Å². The summed E-state index contributed by atoms with van der Waals surface area (Å²) in [6.07, 6.45) is 6.53. The highest BCUT2D eigenvalue weighted by atomic mass is 127. The van der Waals surface area contributed by atoms with Gasteiger partial charge in [-0.2, -0.15) is 0 Å². The van der Waals surface area contributed by atoms with Crippen molar-refractivity contribution in [1.82, 2.24) is 15.5 Å². The zero-order valence-electron chi connectivity index (χ0n) is 17.7. The summed E-state index contributed by atoms with van der Waals surface area (Å²) in [5.41, 5.74) is 0. The van der Waals surface area contributed by atoms with E-state index in [1.54, 1.807) is 27.8 Å². The molecule has 2 N–H and O–H groups in total. The number of carbonyl (C=O) groups excluding carboxylic acids is 1. The lowest BCUT2D eigenvalue weighted by atomic mass is 9.88. The molecule has 2 fully saturated rings. The van der Waals surface area contributed by atoms with Crippen LogP contribution in [0, 0.1) is 5.92 Å². The van der Waals surface area contributed by atoms with Crippen molar-refractivity contribution in [1.29, 1.82) is 0 Å². The lowest BCUT2D eigenvalue weighted by Gasteiger charge is -2.26. The molecule has 1 heterocycles. The molecule has 1 aliphatic carbocycles. The van der Waals surface area contributed by atoms with E-state index in [0.717, 1.165) is 25.8 Å². The third-order valence-electron chi connectivity index (χ3n) is 5.62. The number of sulfone groups is 1. The van der Waals surface area contributed by atoms with E-state index in [2.05, 4.69) is 15.6 Å². The van der Waals surface area contributed by atoms with Crippen LogP contribution in [-0.2, 0) is 14.6 Å². The molecule has 0 aromatic carbocycles. The summed E-state index contributed by atoms with van der Waals surface area (Å²) >= 11 is 0. The van der Waals surface area contributed by atoms with E-state index in [0.29, 0.717) is 25.0 Å². The Morgan fingerprint density at radius 2 is 1.79 bits per heavy atom. The second-order valence-electron chi connectivity index (χ2n) is 8.68. The second kappa shape index (κ2) is 11.0. The Balaban J connectivity index is 0.00000392. The molecule has 28 heavy (non-hydrogen) atoms. The number of likely N-dealkylation sites (tertiary alicyclic amines) is 1. The number of hydrogen-bond donors (Lipinski definition) is 2. The van der Waals surface area contributed by atoms with Gasteiger partial charge in [0.15, 0.2) is 15.8 Å². The Bertz CT molecular complexity index is 640. The first-order valence-corrected chi connectivity index (χ1v) is 11.8. The number of nitrogens with one attached hydrogen (secondary N) is 2. The summed E-state index contributed by atoms with van der Waals surface area (Å²) in [6, 6.07) is 0.156. The van der Waals surface area contributed by atoms with E-state index >= 15 is 0 Å². The average molecular weight is 529 g/mol. The van der Waals surface area contributed by atoms with E-state index in [1.165, 1.54) is 19.3 Å². The van der Waals surface area contributed by atoms with Crippen LogP contribution in [-0.4, -0.2) is 68.4 Å². The summed E-state index contributed by atoms with van der Waals surface area (Å²) in [6.45, 7) is 6.93. The molecule has 0 bridgehead atoms. The van der Waals surface area contributed by atoms with Gasteiger partial charge in [-0.15, -0.1) is 24.0 Å². The Kier molecular flexibility index (Phi) is 9.99. The highest BCUT2D eigenvalue weighted by molar-refractivity contribution is 14.0. The van der Waals surface area contributed by atoms with Crippen LogP contribution in [0.25, 0.3) is 0 Å². The minimum absolute atomic E-state index is 0. The molecule has 164 valence electrons. The molecule has 1 amide bonds. The fraction of sp³-hybridized carbons (Fsp3) is 0.895. The van der Waals surface area contributed by atoms with E-state index in [9.17, 15) is 13.2 Å².